The van der Waals surface area contributed by atoms with Crippen molar-refractivity contribution in [3.05, 3.63) is 54.0 Å². The van der Waals surface area contributed by atoms with Crippen molar-refractivity contribution in [3.63, 3.8) is 0 Å². The van der Waals surface area contributed by atoms with Crippen molar-refractivity contribution in [2.75, 3.05) is 32.2 Å². The van der Waals surface area contributed by atoms with E-state index in [1.807, 2.05) is 30.3 Å². The molecule has 0 spiro atoms. The average Bonchev–Trinajstić information content (AvgIpc) is 3.17. The van der Waals surface area contributed by atoms with E-state index in [0.29, 0.717) is 36.1 Å². The van der Waals surface area contributed by atoms with Gasteiger partial charge in [-0.3, -0.25) is 4.79 Å². The topological polar surface area (TPSA) is 90.6 Å². The van der Waals surface area contributed by atoms with Gasteiger partial charge in [-0.15, -0.1) is 0 Å². The summed E-state index contributed by atoms with van der Waals surface area (Å²) in [6.45, 7) is 2.26. The van der Waals surface area contributed by atoms with Gasteiger partial charge in [0.2, 0.25) is 0 Å². The Bertz CT molecular complexity index is 907. The van der Waals surface area contributed by atoms with Crippen molar-refractivity contribution in [2.24, 2.45) is 0 Å². The van der Waals surface area contributed by atoms with Crippen LogP contribution in [0.15, 0.2) is 47.1 Å². The van der Waals surface area contributed by atoms with Crippen LogP contribution in [-0.2, 0) is 16.0 Å². The third-order valence-electron chi connectivity index (χ3n) is 4.05. The Morgan fingerprint density at radius 2 is 1.96 bits per heavy atom. The number of hydrogen-bond donors (Lipinski definition) is 0. The van der Waals surface area contributed by atoms with Gasteiger partial charge >= 0.3 is 5.97 Å². The molecular weight excluding hydrogens is 360 g/mol. The number of methoxy groups -OCH3 is 1. The van der Waals surface area contributed by atoms with Crippen molar-refractivity contribution >= 4 is 11.8 Å². The molecule has 1 aromatic carbocycles. The Morgan fingerprint density at radius 1 is 1.18 bits per heavy atom. The van der Waals surface area contributed by atoms with Crippen LogP contribution in [0.2, 0.25) is 0 Å². The minimum absolute atomic E-state index is 0.132. The van der Waals surface area contributed by atoms with Gasteiger partial charge in [-0.2, -0.15) is 4.98 Å². The number of hydrogen-bond acceptors (Lipinski definition) is 8. The third-order valence-corrected chi connectivity index (χ3v) is 4.05. The van der Waals surface area contributed by atoms with Crippen LogP contribution in [0.4, 0.5) is 5.82 Å². The molecule has 146 valence electrons. The molecule has 3 rings (SSSR count). The number of rotatable bonds is 8. The summed E-state index contributed by atoms with van der Waals surface area (Å²) in [7, 11) is 3.41. The maximum atomic E-state index is 11.6. The van der Waals surface area contributed by atoms with Crippen molar-refractivity contribution in [3.8, 4) is 17.2 Å². The lowest BCUT2D eigenvalue weighted by atomic mass is 10.1. The van der Waals surface area contributed by atoms with Gasteiger partial charge in [-0.05, 0) is 36.8 Å². The second-order valence-electron chi connectivity index (χ2n) is 6.11. The molecule has 28 heavy (non-hydrogen) atoms. The normalized spacial score (nSPS) is 10.5. The zero-order valence-electron chi connectivity index (χ0n) is 16.1. The van der Waals surface area contributed by atoms with Gasteiger partial charge in [0.05, 0.1) is 19.3 Å². The number of ether oxygens (including phenoxy) is 2. The predicted octanol–water partition coefficient (Wildman–Crippen LogP) is 2.73. The van der Waals surface area contributed by atoms with E-state index in [2.05, 4.69) is 15.1 Å². The molecule has 0 amide bonds. The summed E-state index contributed by atoms with van der Waals surface area (Å²) in [5, 5.41) is 4.03. The first-order chi connectivity index (χ1) is 13.6. The fourth-order valence-electron chi connectivity index (χ4n) is 2.59. The molecule has 0 saturated carbocycles. The SMILES string of the molecule is CCOC(=O)CN(C)c1ccc(-c2nc(Cc3ccc(OC)cc3)no2)cn1. The smallest absolute Gasteiger partial charge is 0.325 e. The highest BCUT2D eigenvalue weighted by Crippen LogP contribution is 2.20. The zero-order valence-corrected chi connectivity index (χ0v) is 16.1. The molecule has 0 N–H and O–H groups in total. The van der Waals surface area contributed by atoms with Crippen molar-refractivity contribution in [1.82, 2.24) is 15.1 Å². The minimum atomic E-state index is -0.295. The number of esters is 1. The molecular formula is C20H22N4O4. The Morgan fingerprint density at radius 3 is 2.61 bits per heavy atom. The molecule has 2 aromatic heterocycles. The first kappa shape index (κ1) is 19.3. The molecule has 0 radical (unpaired) electrons. The Hall–Kier alpha value is -3.42. The highest BCUT2D eigenvalue weighted by molar-refractivity contribution is 5.75. The molecule has 0 aliphatic heterocycles. The van der Waals surface area contributed by atoms with E-state index in [9.17, 15) is 4.79 Å². The monoisotopic (exact) mass is 382 g/mol. The summed E-state index contributed by atoms with van der Waals surface area (Å²) in [5.74, 6) is 2.14. The van der Waals surface area contributed by atoms with Gasteiger partial charge in [-0.1, -0.05) is 17.3 Å². The first-order valence-electron chi connectivity index (χ1n) is 8.87. The minimum Gasteiger partial charge on any atom is -0.497 e. The highest BCUT2D eigenvalue weighted by Gasteiger charge is 2.13. The zero-order chi connectivity index (χ0) is 19.9. The molecule has 8 nitrogen and oxygen atoms in total. The molecule has 0 unspecified atom stereocenters. The fourth-order valence-corrected chi connectivity index (χ4v) is 2.59. The predicted molar refractivity (Wildman–Crippen MR) is 103 cm³/mol. The van der Waals surface area contributed by atoms with E-state index in [-0.39, 0.29) is 12.5 Å². The number of aromatic nitrogens is 3. The number of carbonyl (C=O) groups is 1. The second kappa shape index (κ2) is 8.98. The van der Waals surface area contributed by atoms with Crippen LogP contribution in [0.5, 0.6) is 5.75 Å². The lowest BCUT2D eigenvalue weighted by molar-refractivity contribution is -0.141. The maximum Gasteiger partial charge on any atom is 0.325 e. The van der Waals surface area contributed by atoms with E-state index < -0.39 is 0 Å². The Labute approximate surface area is 163 Å². The first-order valence-corrected chi connectivity index (χ1v) is 8.87. The summed E-state index contributed by atoms with van der Waals surface area (Å²) in [6, 6.07) is 11.3. The third kappa shape index (κ3) is 4.85. The van der Waals surface area contributed by atoms with E-state index >= 15 is 0 Å². The van der Waals surface area contributed by atoms with Gasteiger partial charge in [0.25, 0.3) is 5.89 Å². The number of pyridine rings is 1. The van der Waals surface area contributed by atoms with Gasteiger partial charge in [0.1, 0.15) is 18.1 Å². The molecule has 0 bridgehead atoms. The molecule has 0 atom stereocenters. The highest BCUT2D eigenvalue weighted by atomic mass is 16.5. The molecule has 0 fully saturated rings. The molecule has 3 aromatic rings. The molecule has 0 saturated heterocycles. The molecule has 0 aliphatic rings. The lowest BCUT2D eigenvalue weighted by Crippen LogP contribution is -2.27. The van der Waals surface area contributed by atoms with Crippen molar-refractivity contribution < 1.29 is 18.8 Å². The van der Waals surface area contributed by atoms with Crippen LogP contribution >= 0.6 is 0 Å². The number of carbonyl (C=O) groups excluding carboxylic acids is 1. The number of nitrogens with zero attached hydrogens (tertiary/aromatic N) is 4. The summed E-state index contributed by atoms with van der Waals surface area (Å²) < 4.78 is 15.4. The quantitative estimate of drug-likeness (QED) is 0.549. The summed E-state index contributed by atoms with van der Waals surface area (Å²) in [4.78, 5) is 22.1. The van der Waals surface area contributed by atoms with Gasteiger partial charge in [0.15, 0.2) is 5.82 Å². The van der Waals surface area contributed by atoms with E-state index in [1.54, 1.807) is 38.2 Å². The standard InChI is InChI=1S/C20H22N4O4/c1-4-27-19(25)13-24(2)18-10-7-15(12-21-18)20-22-17(23-28-20)11-14-5-8-16(26-3)9-6-14/h5-10,12H,4,11,13H2,1-3H3. The fraction of sp³-hybridized carbons (Fsp3) is 0.300. The van der Waals surface area contributed by atoms with Crippen molar-refractivity contribution in [1.29, 1.82) is 0 Å². The Balaban J connectivity index is 1.65. The number of likely N-dealkylation sites (N-methyl/N-ethyl adjacent to an activating group) is 1. The van der Waals surface area contributed by atoms with Crippen LogP contribution in [-0.4, -0.2) is 48.4 Å². The largest absolute Gasteiger partial charge is 0.497 e. The van der Waals surface area contributed by atoms with Crippen LogP contribution < -0.4 is 9.64 Å². The second-order valence-corrected chi connectivity index (χ2v) is 6.11. The van der Waals surface area contributed by atoms with Crippen LogP contribution in [0.3, 0.4) is 0 Å². The Kier molecular flexibility index (Phi) is 6.21. The van der Waals surface area contributed by atoms with Gasteiger partial charge in [-0.25, -0.2) is 4.98 Å². The van der Waals surface area contributed by atoms with Gasteiger partial charge < -0.3 is 18.9 Å². The summed E-state index contributed by atoms with van der Waals surface area (Å²) in [5.41, 5.74) is 1.77. The van der Waals surface area contributed by atoms with Crippen molar-refractivity contribution in [2.45, 2.75) is 13.3 Å². The van der Waals surface area contributed by atoms with Crippen LogP contribution in [0.1, 0.15) is 18.3 Å². The van der Waals surface area contributed by atoms with Crippen LogP contribution in [0, 0.1) is 0 Å². The maximum absolute atomic E-state index is 11.6. The summed E-state index contributed by atoms with van der Waals surface area (Å²) in [6.07, 6.45) is 2.20. The van der Waals surface area contributed by atoms with E-state index in [0.717, 1.165) is 11.3 Å². The van der Waals surface area contributed by atoms with E-state index in [1.165, 1.54) is 0 Å². The molecule has 8 heteroatoms. The van der Waals surface area contributed by atoms with E-state index in [4.69, 9.17) is 14.0 Å². The average molecular weight is 382 g/mol. The lowest BCUT2D eigenvalue weighted by Gasteiger charge is -2.16. The summed E-state index contributed by atoms with van der Waals surface area (Å²) >= 11 is 0. The number of anilines is 1. The number of benzene rings is 1. The van der Waals surface area contributed by atoms with Gasteiger partial charge in [0, 0.05) is 19.7 Å². The molecule has 0 aliphatic carbocycles. The van der Waals surface area contributed by atoms with Crippen LogP contribution in [0.25, 0.3) is 11.5 Å². The molecule has 2 heterocycles.